The smallest absolute Gasteiger partial charge is 0.306 e. The largest absolute Gasteiger partial charge is 0.463 e. The maximum atomic E-state index is 11.0. The van der Waals surface area contributed by atoms with Crippen LogP contribution in [0.5, 0.6) is 0 Å². The van der Waals surface area contributed by atoms with Crippen LogP contribution in [0.3, 0.4) is 0 Å². The van der Waals surface area contributed by atoms with Crippen LogP contribution in [0.2, 0.25) is 0 Å². The zero-order chi connectivity index (χ0) is 26.0. The lowest BCUT2D eigenvalue weighted by Crippen LogP contribution is -2.10. The topological polar surface area (TPSA) is 26.3 Å². The maximum absolute atomic E-state index is 11.0. The first kappa shape index (κ1) is 41.5. The molecule has 0 heterocycles. The molecule has 0 aliphatic carbocycles. The Bertz CT molecular complexity index is 302. The normalized spacial score (nSPS) is 10.4. The molecule has 2 heteroatoms. The molecule has 1 unspecified atom stereocenters. The van der Waals surface area contributed by atoms with E-state index in [0.29, 0.717) is 6.42 Å². The van der Waals surface area contributed by atoms with E-state index in [0.717, 1.165) is 18.8 Å². The van der Waals surface area contributed by atoms with E-state index in [2.05, 4.69) is 54.5 Å². The zero-order valence-electron chi connectivity index (χ0n) is 24.8. The van der Waals surface area contributed by atoms with Crippen molar-refractivity contribution in [1.29, 1.82) is 0 Å². The summed E-state index contributed by atoms with van der Waals surface area (Å²) in [6.07, 6.45) is 20.3. The average molecular weight is 459 g/mol. The van der Waals surface area contributed by atoms with Gasteiger partial charge in [-0.05, 0) is 39.5 Å². The first-order chi connectivity index (χ1) is 15.3. The molecule has 0 bridgehead atoms. The highest BCUT2D eigenvalue weighted by Gasteiger charge is 2.03. The second kappa shape index (κ2) is 44.0. The van der Waals surface area contributed by atoms with Crippen LogP contribution in [-0.4, -0.2) is 12.1 Å². The van der Waals surface area contributed by atoms with Gasteiger partial charge in [-0.2, -0.15) is 0 Å². The number of carbonyl (C=O) groups is 1. The number of rotatable bonds is 13. The molecule has 0 N–H and O–H groups in total. The molecule has 0 radical (unpaired) electrons. The standard InChI is InChI=1S/C10H18O2.C8H18.C7H16.C3H8.C2H6/c1-4-5-6-7-8-10(11)12-9(2)3;1-3-5-7-8-6-4-2;1-4-6-7(3)5-2;1-3-2;1-2/h4-5,9H,6-8H2,1-3H3;3-8H2,1-2H3;7H,4-6H2,1-3H3;3H2,1-2H3;1-2H3/b5-4-;;;;. The summed E-state index contributed by atoms with van der Waals surface area (Å²) in [6.45, 7) is 25.3. The van der Waals surface area contributed by atoms with Crippen molar-refractivity contribution in [2.75, 3.05) is 0 Å². The molecule has 0 saturated heterocycles. The predicted molar refractivity (Wildman–Crippen MR) is 151 cm³/mol. The van der Waals surface area contributed by atoms with E-state index in [1.54, 1.807) is 0 Å². The highest BCUT2D eigenvalue weighted by Crippen LogP contribution is 2.07. The van der Waals surface area contributed by atoms with Crippen LogP contribution in [0.15, 0.2) is 12.2 Å². The lowest BCUT2D eigenvalue weighted by molar-refractivity contribution is -0.147. The van der Waals surface area contributed by atoms with E-state index >= 15 is 0 Å². The third kappa shape index (κ3) is 63.0. The van der Waals surface area contributed by atoms with Gasteiger partial charge in [-0.1, -0.05) is 139 Å². The fourth-order valence-electron chi connectivity index (χ4n) is 2.40. The Morgan fingerprint density at radius 3 is 1.53 bits per heavy atom. The van der Waals surface area contributed by atoms with Gasteiger partial charge in [0.1, 0.15) is 0 Å². The molecular weight excluding hydrogens is 392 g/mol. The SMILES string of the molecule is C/C=C\CCCC(=O)OC(C)C.CC.CCC.CCCC(C)CC.CCCCCCCC. The summed E-state index contributed by atoms with van der Waals surface area (Å²) in [5.74, 6) is 0.861. The quantitative estimate of drug-likeness (QED) is 0.156. The molecule has 0 saturated carbocycles. The Morgan fingerprint density at radius 2 is 1.25 bits per heavy atom. The van der Waals surface area contributed by atoms with Crippen molar-refractivity contribution in [2.45, 2.75) is 173 Å². The van der Waals surface area contributed by atoms with Crippen molar-refractivity contribution in [3.05, 3.63) is 12.2 Å². The van der Waals surface area contributed by atoms with Crippen LogP contribution < -0.4 is 0 Å². The van der Waals surface area contributed by atoms with Gasteiger partial charge < -0.3 is 4.74 Å². The van der Waals surface area contributed by atoms with Crippen LogP contribution in [-0.2, 0) is 9.53 Å². The Hall–Kier alpha value is -0.790. The van der Waals surface area contributed by atoms with Gasteiger partial charge in [0.25, 0.3) is 0 Å². The van der Waals surface area contributed by atoms with Crippen molar-refractivity contribution in [3.63, 3.8) is 0 Å². The van der Waals surface area contributed by atoms with E-state index in [4.69, 9.17) is 4.74 Å². The average Bonchev–Trinajstić information content (AvgIpc) is 2.77. The summed E-state index contributed by atoms with van der Waals surface area (Å²) in [6, 6.07) is 0. The van der Waals surface area contributed by atoms with Crippen LogP contribution in [0.1, 0.15) is 167 Å². The molecule has 0 aliphatic heterocycles. The Balaban J connectivity index is -0.000000107. The molecule has 0 aromatic carbocycles. The predicted octanol–water partition coefficient (Wildman–Crippen LogP) is 11.3. The number of esters is 1. The zero-order valence-corrected chi connectivity index (χ0v) is 24.8. The molecule has 0 spiro atoms. The summed E-state index contributed by atoms with van der Waals surface area (Å²) in [4.78, 5) is 11.0. The molecule has 0 amide bonds. The van der Waals surface area contributed by atoms with E-state index in [-0.39, 0.29) is 12.1 Å². The first-order valence-electron chi connectivity index (χ1n) is 14.1. The lowest BCUT2D eigenvalue weighted by atomic mass is 10.0. The molecule has 0 fully saturated rings. The lowest BCUT2D eigenvalue weighted by Gasteiger charge is -2.06. The van der Waals surface area contributed by atoms with Gasteiger partial charge in [-0.25, -0.2) is 0 Å². The molecule has 198 valence electrons. The Kier molecular flexibility index (Phi) is 57.0. The molecule has 32 heavy (non-hydrogen) atoms. The number of carbonyl (C=O) groups excluding carboxylic acids is 1. The molecule has 0 aromatic heterocycles. The summed E-state index contributed by atoms with van der Waals surface area (Å²) < 4.78 is 4.97. The van der Waals surface area contributed by atoms with E-state index in [1.165, 1.54) is 64.2 Å². The number of hydrogen-bond acceptors (Lipinski definition) is 2. The third-order valence-electron chi connectivity index (χ3n) is 4.29. The summed E-state index contributed by atoms with van der Waals surface area (Å²) >= 11 is 0. The van der Waals surface area contributed by atoms with Crippen LogP contribution in [0.25, 0.3) is 0 Å². The van der Waals surface area contributed by atoms with Crippen LogP contribution in [0, 0.1) is 5.92 Å². The third-order valence-corrected chi connectivity index (χ3v) is 4.29. The second-order valence-electron chi connectivity index (χ2n) is 8.42. The monoisotopic (exact) mass is 459 g/mol. The minimum Gasteiger partial charge on any atom is -0.463 e. The van der Waals surface area contributed by atoms with Crippen LogP contribution >= 0.6 is 0 Å². The van der Waals surface area contributed by atoms with Gasteiger partial charge in [0.15, 0.2) is 0 Å². The van der Waals surface area contributed by atoms with Crippen molar-refractivity contribution >= 4 is 5.97 Å². The van der Waals surface area contributed by atoms with Gasteiger partial charge in [0.05, 0.1) is 6.10 Å². The summed E-state index contributed by atoms with van der Waals surface area (Å²) in [5, 5.41) is 0. The minimum atomic E-state index is -0.0884. The van der Waals surface area contributed by atoms with Crippen LogP contribution in [0.4, 0.5) is 0 Å². The second-order valence-corrected chi connectivity index (χ2v) is 8.42. The molecule has 0 aliphatic rings. The van der Waals surface area contributed by atoms with Gasteiger partial charge in [0, 0.05) is 6.42 Å². The van der Waals surface area contributed by atoms with E-state index < -0.39 is 0 Å². The van der Waals surface area contributed by atoms with Crippen molar-refractivity contribution in [2.24, 2.45) is 5.92 Å². The van der Waals surface area contributed by atoms with E-state index in [1.807, 2.05) is 40.7 Å². The fraction of sp³-hybridized carbons (Fsp3) is 0.900. The maximum Gasteiger partial charge on any atom is 0.306 e. The number of allylic oxidation sites excluding steroid dienone is 2. The summed E-state index contributed by atoms with van der Waals surface area (Å²) in [5.41, 5.74) is 0. The number of unbranched alkanes of at least 4 members (excludes halogenated alkanes) is 6. The number of ether oxygens (including phenoxy) is 1. The van der Waals surface area contributed by atoms with Gasteiger partial charge in [-0.3, -0.25) is 4.79 Å². The number of hydrogen-bond donors (Lipinski definition) is 0. The van der Waals surface area contributed by atoms with Crippen molar-refractivity contribution in [1.82, 2.24) is 0 Å². The fourth-order valence-corrected chi connectivity index (χ4v) is 2.40. The highest BCUT2D eigenvalue weighted by atomic mass is 16.5. The summed E-state index contributed by atoms with van der Waals surface area (Å²) in [7, 11) is 0. The highest BCUT2D eigenvalue weighted by molar-refractivity contribution is 5.69. The Labute approximate surface area is 206 Å². The molecule has 1 atom stereocenters. The minimum absolute atomic E-state index is 0.0132. The van der Waals surface area contributed by atoms with Gasteiger partial charge >= 0.3 is 5.97 Å². The molecule has 0 rings (SSSR count). The molecular formula is C30H66O2. The van der Waals surface area contributed by atoms with Crippen molar-refractivity contribution in [3.8, 4) is 0 Å². The first-order valence-corrected chi connectivity index (χ1v) is 14.1. The van der Waals surface area contributed by atoms with Gasteiger partial charge in [-0.15, -0.1) is 0 Å². The molecule has 0 aromatic rings. The molecule has 2 nitrogen and oxygen atoms in total. The Morgan fingerprint density at radius 1 is 0.781 bits per heavy atom. The van der Waals surface area contributed by atoms with Crippen molar-refractivity contribution < 1.29 is 9.53 Å². The van der Waals surface area contributed by atoms with E-state index in [9.17, 15) is 4.79 Å². The van der Waals surface area contributed by atoms with Gasteiger partial charge in [0.2, 0.25) is 0 Å².